The van der Waals surface area contributed by atoms with Crippen molar-refractivity contribution in [2.45, 2.75) is 21.3 Å². The Morgan fingerprint density at radius 2 is 1.68 bits per heavy atom. The van der Waals surface area contributed by atoms with Gasteiger partial charge in [-0.3, -0.25) is 24.2 Å². The van der Waals surface area contributed by atoms with Crippen LogP contribution in [-0.4, -0.2) is 44.9 Å². The first-order valence-electron chi connectivity index (χ1n) is 6.73. The summed E-state index contributed by atoms with van der Waals surface area (Å²) >= 11 is 2.10. The van der Waals surface area contributed by atoms with Gasteiger partial charge in [0.15, 0.2) is 0 Å². The van der Waals surface area contributed by atoms with E-state index in [9.17, 15) is 19.2 Å². The minimum atomic E-state index is -0.602. The molecule has 2 rings (SSSR count). The van der Waals surface area contributed by atoms with Crippen molar-refractivity contribution in [1.82, 2.24) is 19.7 Å². The number of esters is 2. The Hall–Kier alpha value is -1.88. The molecule has 0 bridgehead atoms. The van der Waals surface area contributed by atoms with E-state index in [1.54, 1.807) is 18.3 Å². The van der Waals surface area contributed by atoms with Crippen molar-refractivity contribution in [3.05, 3.63) is 44.2 Å². The van der Waals surface area contributed by atoms with E-state index >= 15 is 0 Å². The molecule has 0 aliphatic rings. The van der Waals surface area contributed by atoms with Crippen LogP contribution in [0.3, 0.4) is 0 Å². The number of hydrogen-bond donors (Lipinski definition) is 3. The van der Waals surface area contributed by atoms with Crippen molar-refractivity contribution in [3.63, 3.8) is 0 Å². The predicted molar refractivity (Wildman–Crippen MR) is 103 cm³/mol. The van der Waals surface area contributed by atoms with Crippen LogP contribution in [0.5, 0.6) is 0 Å². The molecule has 1 atom stereocenters. The Kier molecular flexibility index (Phi) is 10.8. The SMILES string of the molecule is C.CCOC(=O)c1c[nH][nH]c1=O.CCOC(=O)c1cn(PI)[nH]c1=O. The zero-order valence-corrected chi connectivity index (χ0v) is 16.0. The molecule has 0 aliphatic carbocycles. The molecule has 2 heterocycles. The maximum Gasteiger partial charge on any atom is 0.345 e. The third-order valence-corrected chi connectivity index (χ3v) is 4.44. The fourth-order valence-electron chi connectivity index (χ4n) is 1.46. The first kappa shape index (κ1) is 23.1. The molecule has 0 saturated carbocycles. The van der Waals surface area contributed by atoms with Crippen LogP contribution in [0.2, 0.25) is 0 Å². The summed E-state index contributed by atoms with van der Waals surface area (Å²) in [5.74, 6) is -1.17. The first-order chi connectivity index (χ1) is 11.4. The molecule has 0 saturated heterocycles. The molecule has 0 aromatic carbocycles. The molecule has 0 radical (unpaired) electrons. The average molecular weight is 486 g/mol. The molecule has 2 aromatic rings. The smallest absolute Gasteiger partial charge is 0.345 e. The molecule has 3 N–H and O–H groups in total. The Bertz CT molecular complexity index is 793. The molecule has 2 aromatic heterocycles. The number of aromatic nitrogens is 4. The van der Waals surface area contributed by atoms with Crippen LogP contribution in [0.4, 0.5) is 0 Å². The van der Waals surface area contributed by atoms with Gasteiger partial charge in [0.2, 0.25) is 0 Å². The van der Waals surface area contributed by atoms with Crippen molar-refractivity contribution in [1.29, 1.82) is 0 Å². The van der Waals surface area contributed by atoms with Crippen LogP contribution in [-0.2, 0) is 9.47 Å². The van der Waals surface area contributed by atoms with E-state index in [0.717, 1.165) is 0 Å². The first-order valence-corrected chi connectivity index (χ1v) is 10.8. The number of H-pyrrole nitrogens is 3. The topological polar surface area (TPSA) is 139 Å². The van der Waals surface area contributed by atoms with Crippen LogP contribution in [0.25, 0.3) is 0 Å². The fraction of sp³-hybridized carbons (Fsp3) is 0.385. The molecule has 12 heteroatoms. The van der Waals surface area contributed by atoms with Gasteiger partial charge >= 0.3 is 11.9 Å². The zero-order chi connectivity index (χ0) is 18.1. The van der Waals surface area contributed by atoms with Gasteiger partial charge in [-0.2, -0.15) is 0 Å². The quantitative estimate of drug-likeness (QED) is 0.334. The fourth-order valence-corrected chi connectivity index (χ4v) is 2.56. The number of ether oxygens (including phenoxy) is 2. The van der Waals surface area contributed by atoms with Gasteiger partial charge in [-0.15, -0.1) is 0 Å². The van der Waals surface area contributed by atoms with Crippen LogP contribution in [0.1, 0.15) is 42.0 Å². The van der Waals surface area contributed by atoms with Crippen molar-refractivity contribution in [3.8, 4) is 0 Å². The normalized spacial score (nSPS) is 9.88. The lowest BCUT2D eigenvalue weighted by atomic mass is 10.4. The molecule has 10 nitrogen and oxygen atoms in total. The summed E-state index contributed by atoms with van der Waals surface area (Å²) in [6.45, 7) is 3.92. The number of carbonyl (C=O) groups excluding carboxylic acids is 2. The van der Waals surface area contributed by atoms with E-state index in [1.165, 1.54) is 12.4 Å². The van der Waals surface area contributed by atoms with Gasteiger partial charge in [0.1, 0.15) is 11.1 Å². The summed E-state index contributed by atoms with van der Waals surface area (Å²) in [5.41, 5.74) is -0.788. The third-order valence-electron chi connectivity index (χ3n) is 2.45. The molecule has 140 valence electrons. The van der Waals surface area contributed by atoms with Gasteiger partial charge in [-0.05, 0) is 35.9 Å². The van der Waals surface area contributed by atoms with Crippen molar-refractivity contribution >= 4 is 40.4 Å². The van der Waals surface area contributed by atoms with E-state index < -0.39 is 23.1 Å². The second-order valence-corrected chi connectivity index (χ2v) is 6.13. The Labute approximate surface area is 158 Å². The number of nitrogens with zero attached hydrogens (tertiary/aromatic N) is 1. The Morgan fingerprint density at radius 1 is 1.12 bits per heavy atom. The second-order valence-electron chi connectivity index (χ2n) is 4.04. The molecule has 0 amide bonds. The highest BCUT2D eigenvalue weighted by molar-refractivity contribution is 14.2. The number of halogens is 1. The molecule has 0 fully saturated rings. The van der Waals surface area contributed by atoms with Crippen molar-refractivity contribution in [2.24, 2.45) is 0 Å². The molecule has 25 heavy (non-hydrogen) atoms. The maximum atomic E-state index is 11.1. The van der Waals surface area contributed by atoms with Crippen molar-refractivity contribution < 1.29 is 19.1 Å². The summed E-state index contributed by atoms with van der Waals surface area (Å²) in [5, 5.41) is 7.12. The van der Waals surface area contributed by atoms with Crippen LogP contribution >= 0.6 is 28.4 Å². The van der Waals surface area contributed by atoms with Gasteiger partial charge in [-0.1, -0.05) is 7.43 Å². The number of aromatic amines is 3. The van der Waals surface area contributed by atoms with Crippen molar-refractivity contribution in [2.75, 3.05) is 13.2 Å². The highest BCUT2D eigenvalue weighted by atomic mass is 127. The molecule has 0 spiro atoms. The van der Waals surface area contributed by atoms with Gasteiger partial charge in [0.25, 0.3) is 11.1 Å². The number of carbonyl (C=O) groups is 2. The minimum absolute atomic E-state index is 0. The summed E-state index contributed by atoms with van der Waals surface area (Å²) in [6.07, 6.45) is 3.11. The maximum absolute atomic E-state index is 11.1. The van der Waals surface area contributed by atoms with E-state index in [4.69, 9.17) is 4.74 Å². The van der Waals surface area contributed by atoms with Gasteiger partial charge in [0, 0.05) is 12.4 Å². The summed E-state index contributed by atoms with van der Waals surface area (Å²) < 4.78 is 10.8. The second kappa shape index (κ2) is 11.6. The van der Waals surface area contributed by atoms with E-state index in [2.05, 4.69) is 42.1 Å². The largest absolute Gasteiger partial charge is 0.462 e. The number of rotatable bonds is 5. The van der Waals surface area contributed by atoms with Crippen LogP contribution < -0.4 is 11.1 Å². The van der Waals surface area contributed by atoms with E-state index in [1.807, 2.05) is 0 Å². The predicted octanol–water partition coefficient (Wildman–Crippen LogP) is 1.66. The van der Waals surface area contributed by atoms with Gasteiger partial charge in [-0.25, -0.2) is 9.59 Å². The van der Waals surface area contributed by atoms with Crippen LogP contribution in [0.15, 0.2) is 22.0 Å². The Balaban J connectivity index is 0.000000449. The number of nitrogens with one attached hydrogen (secondary N) is 3. The Morgan fingerprint density at radius 3 is 2.08 bits per heavy atom. The number of hydrogen-bond acceptors (Lipinski definition) is 6. The lowest BCUT2D eigenvalue weighted by Gasteiger charge is -1.95. The van der Waals surface area contributed by atoms with E-state index in [0.29, 0.717) is 6.37 Å². The lowest BCUT2D eigenvalue weighted by molar-refractivity contribution is 0.0515. The monoisotopic (exact) mass is 486 g/mol. The zero-order valence-electron chi connectivity index (χ0n) is 12.8. The lowest BCUT2D eigenvalue weighted by Crippen LogP contribution is -2.14. The van der Waals surface area contributed by atoms with Crippen LogP contribution in [0, 0.1) is 0 Å². The van der Waals surface area contributed by atoms with Gasteiger partial charge in [0.05, 0.1) is 19.6 Å². The molecule has 0 aliphatic heterocycles. The minimum Gasteiger partial charge on any atom is -0.462 e. The molecular formula is C13H20IN4O6P. The standard InChI is InChI=1S/C6H8IN2O3P.C6H8N2O3.CH4/c1-2-12-6(11)4-3-9(13-7)8-5(4)10;1-2-11-6(10)4-3-7-8-5(4)9;/h3,13H,2H2,1H3,(H,8,10);3H,2H2,1H3,(H2,7,8,9);1H4. The summed E-state index contributed by atoms with van der Waals surface area (Å²) in [7, 11) is 0. The average Bonchev–Trinajstić information content (AvgIpc) is 3.14. The summed E-state index contributed by atoms with van der Waals surface area (Å²) in [4.78, 5) is 43.9. The van der Waals surface area contributed by atoms with Gasteiger partial charge < -0.3 is 14.6 Å². The molecule has 1 unspecified atom stereocenters. The highest BCUT2D eigenvalue weighted by Crippen LogP contribution is 2.21. The highest BCUT2D eigenvalue weighted by Gasteiger charge is 2.13. The van der Waals surface area contributed by atoms with E-state index in [-0.39, 0.29) is 31.8 Å². The third kappa shape index (κ3) is 6.86. The summed E-state index contributed by atoms with van der Waals surface area (Å²) in [6, 6.07) is 0. The molecular weight excluding hydrogens is 466 g/mol.